The van der Waals surface area contributed by atoms with Crippen molar-refractivity contribution in [2.75, 3.05) is 5.32 Å². The van der Waals surface area contributed by atoms with Gasteiger partial charge in [-0.1, -0.05) is 29.8 Å². The Balaban J connectivity index is 1.78. The second kappa shape index (κ2) is 6.02. The summed E-state index contributed by atoms with van der Waals surface area (Å²) in [6, 6.07) is 16.2. The van der Waals surface area contributed by atoms with Gasteiger partial charge in [0.25, 0.3) is 0 Å². The summed E-state index contributed by atoms with van der Waals surface area (Å²) in [6.07, 6.45) is 0. The smallest absolute Gasteiger partial charge is 0.247 e. The zero-order valence-corrected chi connectivity index (χ0v) is 13.0. The summed E-state index contributed by atoms with van der Waals surface area (Å²) >= 11 is 0. The molecule has 2 aromatic carbocycles. The topological polar surface area (TPSA) is 51.0 Å². The van der Waals surface area contributed by atoms with E-state index in [-0.39, 0.29) is 6.04 Å². The van der Waals surface area contributed by atoms with Gasteiger partial charge in [-0.15, -0.1) is 10.2 Å². The molecule has 1 N–H and O–H groups in total. The first-order valence-electron chi connectivity index (χ1n) is 7.35. The lowest BCUT2D eigenvalue weighted by Gasteiger charge is -2.11. The molecule has 0 bridgehead atoms. The van der Waals surface area contributed by atoms with Crippen molar-refractivity contribution in [3.05, 3.63) is 65.5 Å². The van der Waals surface area contributed by atoms with Crippen LogP contribution >= 0.6 is 0 Å². The molecule has 4 nitrogen and oxygen atoms in total. The molecule has 0 fully saturated rings. The van der Waals surface area contributed by atoms with Crippen molar-refractivity contribution >= 4 is 5.69 Å². The van der Waals surface area contributed by atoms with Crippen LogP contribution < -0.4 is 5.32 Å². The van der Waals surface area contributed by atoms with E-state index in [0.29, 0.717) is 11.8 Å². The first-order valence-corrected chi connectivity index (χ1v) is 7.35. The van der Waals surface area contributed by atoms with E-state index in [9.17, 15) is 0 Å². The summed E-state index contributed by atoms with van der Waals surface area (Å²) in [6.45, 7) is 6.12. The minimum absolute atomic E-state index is 0.0483. The molecule has 0 aliphatic rings. The summed E-state index contributed by atoms with van der Waals surface area (Å²) in [7, 11) is 0. The molecule has 4 heteroatoms. The van der Waals surface area contributed by atoms with Gasteiger partial charge in [-0.05, 0) is 50.6 Å². The normalized spacial score (nSPS) is 12.1. The predicted molar refractivity (Wildman–Crippen MR) is 87.7 cm³/mol. The molecule has 0 saturated heterocycles. The fourth-order valence-corrected chi connectivity index (χ4v) is 2.35. The SMILES string of the molecule is Cc1cccc(NC(C)c2nnc(-c3cccc(C)c3)o2)c1. The Morgan fingerprint density at radius 3 is 2.41 bits per heavy atom. The third-order valence-corrected chi connectivity index (χ3v) is 3.48. The molecule has 1 atom stereocenters. The van der Waals surface area contributed by atoms with E-state index >= 15 is 0 Å². The van der Waals surface area contributed by atoms with Crippen LogP contribution in [0, 0.1) is 13.8 Å². The van der Waals surface area contributed by atoms with Gasteiger partial charge in [0.15, 0.2) is 0 Å². The minimum Gasteiger partial charge on any atom is -0.418 e. The van der Waals surface area contributed by atoms with E-state index in [1.807, 2.05) is 50.2 Å². The largest absolute Gasteiger partial charge is 0.418 e. The molecule has 3 aromatic rings. The molecule has 0 saturated carbocycles. The van der Waals surface area contributed by atoms with E-state index in [4.69, 9.17) is 4.42 Å². The van der Waals surface area contributed by atoms with Crippen LogP contribution in [0.4, 0.5) is 5.69 Å². The highest BCUT2D eigenvalue weighted by Crippen LogP contribution is 2.23. The maximum Gasteiger partial charge on any atom is 0.247 e. The Labute approximate surface area is 130 Å². The van der Waals surface area contributed by atoms with Crippen LogP contribution in [0.25, 0.3) is 11.5 Å². The number of hydrogen-bond donors (Lipinski definition) is 1. The molecule has 3 rings (SSSR count). The maximum atomic E-state index is 5.80. The van der Waals surface area contributed by atoms with Crippen molar-refractivity contribution in [1.29, 1.82) is 0 Å². The highest BCUT2D eigenvalue weighted by Gasteiger charge is 2.15. The second-order valence-electron chi connectivity index (χ2n) is 5.55. The highest BCUT2D eigenvalue weighted by molar-refractivity contribution is 5.53. The van der Waals surface area contributed by atoms with E-state index in [0.717, 1.165) is 11.3 Å². The lowest BCUT2D eigenvalue weighted by Crippen LogP contribution is -2.07. The average Bonchev–Trinajstić information content (AvgIpc) is 2.97. The Morgan fingerprint density at radius 1 is 0.955 bits per heavy atom. The monoisotopic (exact) mass is 293 g/mol. The number of aryl methyl sites for hydroxylation is 2. The molecule has 0 radical (unpaired) electrons. The fraction of sp³-hybridized carbons (Fsp3) is 0.222. The van der Waals surface area contributed by atoms with Gasteiger partial charge in [-0.3, -0.25) is 0 Å². The molecular weight excluding hydrogens is 274 g/mol. The van der Waals surface area contributed by atoms with Crippen molar-refractivity contribution in [2.45, 2.75) is 26.8 Å². The van der Waals surface area contributed by atoms with Gasteiger partial charge in [0.05, 0.1) is 0 Å². The third kappa shape index (κ3) is 3.17. The molecule has 22 heavy (non-hydrogen) atoms. The van der Waals surface area contributed by atoms with Gasteiger partial charge in [-0.2, -0.15) is 0 Å². The molecule has 1 heterocycles. The Hall–Kier alpha value is -2.62. The standard InChI is InChI=1S/C18H19N3O/c1-12-6-4-8-15(10-12)18-21-20-17(22-18)14(3)19-16-9-5-7-13(2)11-16/h4-11,14,19H,1-3H3. The molecule has 1 aromatic heterocycles. The van der Waals surface area contributed by atoms with Crippen LogP contribution in [0.3, 0.4) is 0 Å². The molecule has 1 unspecified atom stereocenters. The maximum absolute atomic E-state index is 5.80. The molecule has 0 amide bonds. The Bertz CT molecular complexity index is 779. The second-order valence-corrected chi connectivity index (χ2v) is 5.55. The number of hydrogen-bond acceptors (Lipinski definition) is 4. The lowest BCUT2D eigenvalue weighted by molar-refractivity contribution is 0.485. The van der Waals surface area contributed by atoms with E-state index < -0.39 is 0 Å². The number of rotatable bonds is 4. The number of nitrogens with one attached hydrogen (secondary N) is 1. The van der Waals surface area contributed by atoms with Gasteiger partial charge in [0.2, 0.25) is 11.8 Å². The number of nitrogens with zero attached hydrogens (tertiary/aromatic N) is 2. The lowest BCUT2D eigenvalue weighted by atomic mass is 10.1. The molecule has 0 aliphatic heterocycles. The molecular formula is C18H19N3O. The molecule has 0 aliphatic carbocycles. The van der Waals surface area contributed by atoms with Gasteiger partial charge in [-0.25, -0.2) is 0 Å². The van der Waals surface area contributed by atoms with Crippen molar-refractivity contribution in [3.8, 4) is 11.5 Å². The predicted octanol–water partition coefficient (Wildman–Crippen LogP) is 4.53. The number of benzene rings is 2. The van der Waals surface area contributed by atoms with Crippen LogP contribution in [0.2, 0.25) is 0 Å². The zero-order chi connectivity index (χ0) is 15.5. The Kier molecular flexibility index (Phi) is 3.92. The van der Waals surface area contributed by atoms with Crippen LogP contribution in [-0.4, -0.2) is 10.2 Å². The van der Waals surface area contributed by atoms with Crippen LogP contribution in [0.15, 0.2) is 52.9 Å². The van der Waals surface area contributed by atoms with Crippen molar-refractivity contribution in [1.82, 2.24) is 10.2 Å². The number of aromatic nitrogens is 2. The first-order chi connectivity index (χ1) is 10.6. The summed E-state index contributed by atoms with van der Waals surface area (Å²) in [5, 5.41) is 11.7. The van der Waals surface area contributed by atoms with Gasteiger partial charge < -0.3 is 9.73 Å². The highest BCUT2D eigenvalue weighted by atomic mass is 16.4. The summed E-state index contributed by atoms with van der Waals surface area (Å²) < 4.78 is 5.80. The van der Waals surface area contributed by atoms with Gasteiger partial charge >= 0.3 is 0 Å². The quantitative estimate of drug-likeness (QED) is 0.768. The fourth-order valence-electron chi connectivity index (χ4n) is 2.35. The molecule has 0 spiro atoms. The van der Waals surface area contributed by atoms with Crippen LogP contribution in [0.5, 0.6) is 0 Å². The first kappa shape index (κ1) is 14.3. The van der Waals surface area contributed by atoms with Crippen molar-refractivity contribution < 1.29 is 4.42 Å². The van der Waals surface area contributed by atoms with Gasteiger partial charge in [0.1, 0.15) is 6.04 Å². The zero-order valence-electron chi connectivity index (χ0n) is 13.0. The minimum atomic E-state index is -0.0483. The van der Waals surface area contributed by atoms with Crippen LogP contribution in [-0.2, 0) is 0 Å². The summed E-state index contributed by atoms with van der Waals surface area (Å²) in [4.78, 5) is 0. The van der Waals surface area contributed by atoms with Crippen molar-refractivity contribution in [2.24, 2.45) is 0 Å². The summed E-state index contributed by atoms with van der Waals surface area (Å²) in [5.41, 5.74) is 4.37. The molecule has 112 valence electrons. The van der Waals surface area contributed by atoms with Crippen LogP contribution in [0.1, 0.15) is 30.0 Å². The van der Waals surface area contributed by atoms with Gasteiger partial charge in [0, 0.05) is 11.3 Å². The van der Waals surface area contributed by atoms with E-state index in [1.165, 1.54) is 11.1 Å². The average molecular weight is 293 g/mol. The van der Waals surface area contributed by atoms with Crippen molar-refractivity contribution in [3.63, 3.8) is 0 Å². The van der Waals surface area contributed by atoms with E-state index in [2.05, 4.69) is 34.6 Å². The number of anilines is 1. The summed E-state index contributed by atoms with van der Waals surface area (Å²) in [5.74, 6) is 1.13. The van der Waals surface area contributed by atoms with E-state index in [1.54, 1.807) is 0 Å². The third-order valence-electron chi connectivity index (χ3n) is 3.48. The Morgan fingerprint density at radius 2 is 1.68 bits per heavy atom.